The third-order valence-electron chi connectivity index (χ3n) is 6.55. The van der Waals surface area contributed by atoms with Crippen LogP contribution in [0.15, 0.2) is 34.6 Å². The van der Waals surface area contributed by atoms with Crippen molar-refractivity contribution in [1.82, 2.24) is 14.8 Å². The first kappa shape index (κ1) is 19.9. The van der Waals surface area contributed by atoms with Crippen molar-refractivity contribution >= 4 is 11.8 Å². The summed E-state index contributed by atoms with van der Waals surface area (Å²) in [5, 5.41) is 2.96. The third-order valence-corrected chi connectivity index (χ3v) is 6.55. The number of aromatic nitrogens is 1. The number of likely N-dealkylation sites (tertiary alicyclic amines) is 1. The maximum atomic E-state index is 12.7. The highest BCUT2D eigenvalue weighted by molar-refractivity contribution is 5.83. The molecule has 2 atom stereocenters. The number of pyridine rings is 1. The topological polar surface area (TPSA) is 71.4 Å². The van der Waals surface area contributed by atoms with Gasteiger partial charge in [-0.05, 0) is 50.5 Å². The molecule has 1 N–H and O–H groups in total. The number of nitrogens with one attached hydrogen (secondary N) is 1. The maximum Gasteiger partial charge on any atom is 0.250 e. The molecule has 6 heteroatoms. The molecule has 2 bridgehead atoms. The Labute approximate surface area is 172 Å². The fourth-order valence-corrected chi connectivity index (χ4v) is 5.06. The van der Waals surface area contributed by atoms with Crippen molar-refractivity contribution in [3.63, 3.8) is 0 Å². The van der Waals surface area contributed by atoms with Crippen molar-refractivity contribution < 1.29 is 9.59 Å². The predicted molar refractivity (Wildman–Crippen MR) is 112 cm³/mol. The zero-order chi connectivity index (χ0) is 20.2. The zero-order valence-electron chi connectivity index (χ0n) is 17.1. The number of nitrogens with zero attached hydrogens (tertiary/aromatic N) is 2. The Hall–Kier alpha value is -2.37. The van der Waals surface area contributed by atoms with Crippen LogP contribution in [0.3, 0.4) is 0 Å². The van der Waals surface area contributed by atoms with E-state index >= 15 is 0 Å². The van der Waals surface area contributed by atoms with Crippen molar-refractivity contribution in [2.24, 2.45) is 5.92 Å². The summed E-state index contributed by atoms with van der Waals surface area (Å²) in [7, 11) is 0. The monoisotopic (exact) mass is 397 g/mol. The molecule has 3 aliphatic rings. The highest BCUT2D eigenvalue weighted by Gasteiger charge is 2.36. The van der Waals surface area contributed by atoms with Gasteiger partial charge in [0.1, 0.15) is 0 Å². The number of allylic oxidation sites excluding steroid dienone is 1. The van der Waals surface area contributed by atoms with E-state index in [1.54, 1.807) is 6.07 Å². The molecular weight excluding hydrogens is 366 g/mol. The molecule has 1 fully saturated rings. The van der Waals surface area contributed by atoms with Gasteiger partial charge in [-0.1, -0.05) is 17.7 Å². The van der Waals surface area contributed by atoms with Crippen LogP contribution >= 0.6 is 0 Å². The fourth-order valence-electron chi connectivity index (χ4n) is 5.06. The van der Waals surface area contributed by atoms with Crippen molar-refractivity contribution in [2.45, 2.75) is 63.8 Å². The van der Waals surface area contributed by atoms with Crippen molar-refractivity contribution in [3.8, 4) is 0 Å². The predicted octanol–water partition coefficient (Wildman–Crippen LogP) is 2.58. The van der Waals surface area contributed by atoms with Crippen LogP contribution in [0.4, 0.5) is 0 Å². The lowest BCUT2D eigenvalue weighted by Gasteiger charge is -2.42. The summed E-state index contributed by atoms with van der Waals surface area (Å²) in [4.78, 5) is 38.8. The Kier molecular flexibility index (Phi) is 6.16. The average molecular weight is 398 g/mol. The number of fused-ring (bicyclic) bond motifs is 4. The van der Waals surface area contributed by atoms with Gasteiger partial charge in [0.2, 0.25) is 11.8 Å². The molecule has 1 saturated heterocycles. The average Bonchev–Trinajstić information content (AvgIpc) is 2.73. The van der Waals surface area contributed by atoms with Crippen LogP contribution in [0.25, 0.3) is 0 Å². The lowest BCUT2D eigenvalue weighted by Crippen LogP contribution is -2.49. The first-order valence-electron chi connectivity index (χ1n) is 11.0. The summed E-state index contributed by atoms with van der Waals surface area (Å²) in [6.45, 7) is 2.68. The Bertz CT molecular complexity index is 857. The van der Waals surface area contributed by atoms with Gasteiger partial charge in [0.25, 0.3) is 5.56 Å². The van der Waals surface area contributed by atoms with Gasteiger partial charge in [0.15, 0.2) is 0 Å². The molecule has 0 unspecified atom stereocenters. The van der Waals surface area contributed by atoms with E-state index in [1.807, 2.05) is 21.6 Å². The Balaban J connectivity index is 1.24. The van der Waals surface area contributed by atoms with E-state index in [1.165, 1.54) is 18.4 Å². The molecule has 0 spiro atoms. The van der Waals surface area contributed by atoms with Crippen LogP contribution in [-0.2, 0) is 16.1 Å². The highest BCUT2D eigenvalue weighted by atomic mass is 16.2. The second kappa shape index (κ2) is 8.97. The molecular formula is C23H31N3O3. The van der Waals surface area contributed by atoms with Crippen LogP contribution in [0, 0.1) is 5.92 Å². The van der Waals surface area contributed by atoms with E-state index in [2.05, 4.69) is 11.4 Å². The van der Waals surface area contributed by atoms with Crippen LogP contribution in [0.1, 0.15) is 63.0 Å². The summed E-state index contributed by atoms with van der Waals surface area (Å²) >= 11 is 0. The van der Waals surface area contributed by atoms with Gasteiger partial charge in [-0.25, -0.2) is 0 Å². The van der Waals surface area contributed by atoms with E-state index < -0.39 is 0 Å². The third kappa shape index (κ3) is 4.80. The minimum absolute atomic E-state index is 0.0381. The lowest BCUT2D eigenvalue weighted by atomic mass is 9.83. The minimum Gasteiger partial charge on any atom is -0.356 e. The number of carbonyl (C=O) groups excluding carboxylic acids is 2. The summed E-state index contributed by atoms with van der Waals surface area (Å²) in [6.07, 6.45) is 9.62. The summed E-state index contributed by atoms with van der Waals surface area (Å²) < 4.78 is 1.87. The molecule has 1 aromatic rings. The van der Waals surface area contributed by atoms with Crippen molar-refractivity contribution in [2.75, 3.05) is 19.6 Å². The molecule has 1 aliphatic carbocycles. The minimum atomic E-state index is -0.0381. The molecule has 1 aromatic heterocycles. The lowest BCUT2D eigenvalue weighted by molar-refractivity contribution is -0.136. The van der Waals surface area contributed by atoms with Crippen LogP contribution in [0.2, 0.25) is 0 Å². The number of carbonyl (C=O) groups is 2. The van der Waals surface area contributed by atoms with E-state index in [4.69, 9.17) is 0 Å². The normalized spacial score (nSPS) is 23.2. The molecule has 29 heavy (non-hydrogen) atoms. The summed E-state index contributed by atoms with van der Waals surface area (Å²) in [5.74, 6) is 0.557. The second-order valence-corrected chi connectivity index (χ2v) is 8.70. The molecule has 4 rings (SSSR count). The second-order valence-electron chi connectivity index (χ2n) is 8.70. The van der Waals surface area contributed by atoms with Crippen molar-refractivity contribution in [3.05, 3.63) is 45.9 Å². The van der Waals surface area contributed by atoms with Gasteiger partial charge in [-0.2, -0.15) is 0 Å². The SMILES string of the molecule is O=C(CCC(=O)N1C[C@@H]2C[C@H](C1)c1cccc(=O)n1C2)NCCC1=CCCCC1. The first-order chi connectivity index (χ1) is 14.1. The molecule has 6 nitrogen and oxygen atoms in total. The van der Waals surface area contributed by atoms with Gasteiger partial charge in [0.05, 0.1) is 0 Å². The molecule has 2 aliphatic heterocycles. The number of hydrogen-bond donors (Lipinski definition) is 1. The number of piperidine rings is 1. The Morgan fingerprint density at radius 2 is 2.00 bits per heavy atom. The van der Waals surface area contributed by atoms with Gasteiger partial charge in [0, 0.05) is 56.7 Å². The van der Waals surface area contributed by atoms with Crippen LogP contribution < -0.4 is 10.9 Å². The highest BCUT2D eigenvalue weighted by Crippen LogP contribution is 2.35. The van der Waals surface area contributed by atoms with Gasteiger partial charge in [-0.15, -0.1) is 0 Å². The van der Waals surface area contributed by atoms with Gasteiger partial charge >= 0.3 is 0 Å². The van der Waals surface area contributed by atoms with E-state index in [0.29, 0.717) is 32.1 Å². The molecule has 0 radical (unpaired) electrons. The largest absolute Gasteiger partial charge is 0.356 e. The maximum absolute atomic E-state index is 12.7. The summed E-state index contributed by atoms with van der Waals surface area (Å²) in [6, 6.07) is 5.42. The molecule has 2 amide bonds. The van der Waals surface area contributed by atoms with Crippen molar-refractivity contribution in [1.29, 1.82) is 0 Å². The molecule has 0 saturated carbocycles. The van der Waals surface area contributed by atoms with E-state index in [9.17, 15) is 14.4 Å². The molecule has 156 valence electrons. The van der Waals surface area contributed by atoms with Crippen LogP contribution in [-0.4, -0.2) is 40.9 Å². The number of amides is 2. The van der Waals surface area contributed by atoms with Gasteiger partial charge in [-0.3, -0.25) is 14.4 Å². The first-order valence-corrected chi connectivity index (χ1v) is 11.0. The molecule has 3 heterocycles. The van der Waals surface area contributed by atoms with Gasteiger partial charge < -0.3 is 14.8 Å². The molecule has 0 aromatic carbocycles. The quantitative estimate of drug-likeness (QED) is 0.750. The number of rotatable bonds is 6. The number of hydrogen-bond acceptors (Lipinski definition) is 3. The van der Waals surface area contributed by atoms with Crippen LogP contribution in [0.5, 0.6) is 0 Å². The fraction of sp³-hybridized carbons (Fsp3) is 0.609. The van der Waals surface area contributed by atoms with E-state index in [0.717, 1.165) is 31.4 Å². The van der Waals surface area contributed by atoms with E-state index in [-0.39, 0.29) is 36.1 Å². The Morgan fingerprint density at radius 1 is 1.10 bits per heavy atom. The standard InChI is InChI=1S/C23H31N3O3/c27-21(24-12-11-17-5-2-1-3-6-17)9-10-22(28)25-14-18-13-19(16-25)20-7-4-8-23(29)26(20)15-18/h4-5,7-8,18-19H,1-3,6,9-16H2,(H,24,27)/t18-,19+/m0/s1. The Morgan fingerprint density at radius 3 is 2.83 bits per heavy atom. The summed E-state index contributed by atoms with van der Waals surface area (Å²) in [5.41, 5.74) is 2.55. The zero-order valence-corrected chi connectivity index (χ0v) is 17.1. The smallest absolute Gasteiger partial charge is 0.250 e.